The fourth-order valence-electron chi connectivity index (χ4n) is 1.01. The number of aliphatic hydroxyl groups excluding tert-OH is 1. The number of alkyl halides is 1. The van der Waals surface area contributed by atoms with Gasteiger partial charge < -0.3 is 10.4 Å². The molecule has 80 valence electrons. The summed E-state index contributed by atoms with van der Waals surface area (Å²) in [5.41, 5.74) is 1.14. The van der Waals surface area contributed by atoms with E-state index in [4.69, 9.17) is 28.5 Å². The van der Waals surface area contributed by atoms with Crippen LogP contribution < -0.4 is 5.32 Å². The fourth-order valence-corrected chi connectivity index (χ4v) is 1.31. The van der Waals surface area contributed by atoms with Crippen LogP contribution in [0.3, 0.4) is 0 Å². The quantitative estimate of drug-likeness (QED) is 0.799. The van der Waals surface area contributed by atoms with Crippen molar-refractivity contribution in [1.29, 1.82) is 5.26 Å². The number of anilines is 1. The minimum Gasteiger partial charge on any atom is -0.390 e. The minimum absolute atomic E-state index is 0.155. The second-order valence-corrected chi connectivity index (χ2v) is 3.71. The van der Waals surface area contributed by atoms with Gasteiger partial charge in [-0.05, 0) is 18.2 Å². The number of halogens is 2. The lowest BCUT2D eigenvalue weighted by molar-refractivity contribution is 0.211. The minimum atomic E-state index is -0.631. The lowest BCUT2D eigenvalue weighted by Gasteiger charge is -2.11. The maximum absolute atomic E-state index is 9.23. The summed E-state index contributed by atoms with van der Waals surface area (Å²) in [6.07, 6.45) is -0.631. The van der Waals surface area contributed by atoms with E-state index in [2.05, 4.69) is 5.32 Å². The molecule has 0 amide bonds. The van der Waals surface area contributed by atoms with Gasteiger partial charge in [-0.2, -0.15) is 5.26 Å². The molecule has 3 nitrogen and oxygen atoms in total. The van der Waals surface area contributed by atoms with Gasteiger partial charge in [-0.1, -0.05) is 11.6 Å². The van der Waals surface area contributed by atoms with E-state index in [1.807, 2.05) is 6.07 Å². The lowest BCUT2D eigenvalue weighted by atomic mass is 10.2. The average Bonchev–Trinajstić information content (AvgIpc) is 2.27. The van der Waals surface area contributed by atoms with Crippen molar-refractivity contribution in [3.05, 3.63) is 28.8 Å². The van der Waals surface area contributed by atoms with Crippen LogP contribution in [0.25, 0.3) is 0 Å². The van der Waals surface area contributed by atoms with Crippen LogP contribution in [0.4, 0.5) is 5.69 Å². The smallest absolute Gasteiger partial charge is 0.0992 e. The summed E-state index contributed by atoms with van der Waals surface area (Å²) in [6, 6.07) is 6.90. The van der Waals surface area contributed by atoms with Crippen molar-refractivity contribution in [2.24, 2.45) is 0 Å². The molecule has 1 rings (SSSR count). The van der Waals surface area contributed by atoms with Crippen molar-refractivity contribution in [2.75, 3.05) is 17.7 Å². The monoisotopic (exact) mass is 244 g/mol. The average molecular weight is 245 g/mol. The van der Waals surface area contributed by atoms with Gasteiger partial charge in [0.25, 0.3) is 0 Å². The Balaban J connectivity index is 2.72. The van der Waals surface area contributed by atoms with Crippen molar-refractivity contribution in [3.8, 4) is 6.07 Å². The molecule has 0 aromatic heterocycles. The Morgan fingerprint density at radius 2 is 2.27 bits per heavy atom. The first-order valence-corrected chi connectivity index (χ1v) is 5.26. The molecule has 0 aliphatic rings. The molecule has 15 heavy (non-hydrogen) atoms. The van der Waals surface area contributed by atoms with Crippen molar-refractivity contribution in [3.63, 3.8) is 0 Å². The van der Waals surface area contributed by atoms with E-state index in [-0.39, 0.29) is 5.88 Å². The van der Waals surface area contributed by atoms with E-state index in [0.717, 1.165) is 0 Å². The zero-order chi connectivity index (χ0) is 11.3. The van der Waals surface area contributed by atoms with Crippen molar-refractivity contribution in [2.45, 2.75) is 6.10 Å². The molecular formula is C10H10Cl2N2O. The van der Waals surface area contributed by atoms with Crippen LogP contribution in [0.5, 0.6) is 0 Å². The van der Waals surface area contributed by atoms with E-state index in [1.54, 1.807) is 18.2 Å². The number of nitrogens with one attached hydrogen (secondary N) is 1. The number of nitrogens with zero attached hydrogens (tertiary/aromatic N) is 1. The zero-order valence-electron chi connectivity index (χ0n) is 7.87. The van der Waals surface area contributed by atoms with Crippen LogP contribution in [-0.2, 0) is 0 Å². The van der Waals surface area contributed by atoms with Crippen molar-refractivity contribution in [1.82, 2.24) is 0 Å². The maximum Gasteiger partial charge on any atom is 0.0992 e. The van der Waals surface area contributed by atoms with E-state index in [0.29, 0.717) is 22.8 Å². The molecule has 0 fully saturated rings. The fraction of sp³-hybridized carbons (Fsp3) is 0.300. The van der Waals surface area contributed by atoms with E-state index in [9.17, 15) is 5.11 Å². The molecule has 5 heteroatoms. The summed E-state index contributed by atoms with van der Waals surface area (Å²) in [5.74, 6) is 0.155. The normalized spacial score (nSPS) is 11.9. The summed E-state index contributed by atoms with van der Waals surface area (Å²) in [7, 11) is 0. The molecule has 0 bridgehead atoms. The van der Waals surface area contributed by atoms with E-state index >= 15 is 0 Å². The van der Waals surface area contributed by atoms with Crippen LogP contribution in [0, 0.1) is 11.3 Å². The van der Waals surface area contributed by atoms with Gasteiger partial charge in [0.15, 0.2) is 0 Å². The molecule has 0 heterocycles. The van der Waals surface area contributed by atoms with Crippen LogP contribution in [0.1, 0.15) is 5.56 Å². The SMILES string of the molecule is N#Cc1ccc(Cl)c(NCC(O)CCl)c1. The maximum atomic E-state index is 9.23. The topological polar surface area (TPSA) is 56.0 Å². The lowest BCUT2D eigenvalue weighted by Crippen LogP contribution is -2.20. The number of aliphatic hydroxyl groups is 1. The van der Waals surface area contributed by atoms with Gasteiger partial charge in [-0.25, -0.2) is 0 Å². The molecule has 0 radical (unpaired) electrons. The number of hydrogen-bond donors (Lipinski definition) is 2. The zero-order valence-corrected chi connectivity index (χ0v) is 9.39. The number of benzene rings is 1. The molecule has 1 aromatic rings. The first-order chi connectivity index (χ1) is 7.17. The molecule has 2 N–H and O–H groups in total. The molecule has 1 unspecified atom stereocenters. The largest absolute Gasteiger partial charge is 0.390 e. The molecular weight excluding hydrogens is 235 g/mol. The first kappa shape index (κ1) is 12.1. The molecule has 0 spiro atoms. The van der Waals surface area contributed by atoms with Crippen LogP contribution >= 0.6 is 23.2 Å². The van der Waals surface area contributed by atoms with Crippen molar-refractivity contribution >= 4 is 28.9 Å². The Bertz CT molecular complexity index is 376. The standard InChI is InChI=1S/C10H10Cl2N2O/c11-4-8(15)6-14-10-3-7(5-13)1-2-9(10)12/h1-3,8,14-15H,4,6H2. The highest BCUT2D eigenvalue weighted by atomic mass is 35.5. The molecule has 0 saturated heterocycles. The predicted molar refractivity (Wildman–Crippen MR) is 61.4 cm³/mol. The second-order valence-electron chi connectivity index (χ2n) is 3.00. The molecule has 0 aliphatic carbocycles. The van der Waals surface area contributed by atoms with Crippen LogP contribution in [0.2, 0.25) is 5.02 Å². The molecule has 1 aromatic carbocycles. The predicted octanol–water partition coefficient (Wildman–Crippen LogP) is 2.22. The molecule has 0 saturated carbocycles. The van der Waals surface area contributed by atoms with Gasteiger partial charge >= 0.3 is 0 Å². The van der Waals surface area contributed by atoms with Gasteiger partial charge in [0.1, 0.15) is 0 Å². The van der Waals surface area contributed by atoms with Crippen LogP contribution in [0.15, 0.2) is 18.2 Å². The summed E-state index contributed by atoms with van der Waals surface area (Å²) in [5, 5.41) is 21.4. The Kier molecular flexibility index (Phi) is 4.70. The molecule has 1 atom stereocenters. The van der Waals surface area contributed by atoms with Gasteiger partial charge in [0, 0.05) is 6.54 Å². The third-order valence-electron chi connectivity index (χ3n) is 1.80. The highest BCUT2D eigenvalue weighted by Gasteiger charge is 2.05. The Labute approximate surface area is 98.2 Å². The highest BCUT2D eigenvalue weighted by Crippen LogP contribution is 2.22. The van der Waals surface area contributed by atoms with E-state index < -0.39 is 6.10 Å². The number of hydrogen-bond acceptors (Lipinski definition) is 3. The summed E-state index contributed by atoms with van der Waals surface area (Å²) in [6.45, 7) is 0.304. The Morgan fingerprint density at radius 1 is 1.53 bits per heavy atom. The van der Waals surface area contributed by atoms with E-state index in [1.165, 1.54) is 0 Å². The summed E-state index contributed by atoms with van der Waals surface area (Å²) >= 11 is 11.3. The van der Waals surface area contributed by atoms with Gasteiger partial charge in [0.2, 0.25) is 0 Å². The summed E-state index contributed by atoms with van der Waals surface area (Å²) in [4.78, 5) is 0. The Morgan fingerprint density at radius 3 is 2.87 bits per heavy atom. The first-order valence-electron chi connectivity index (χ1n) is 4.35. The van der Waals surface area contributed by atoms with Gasteiger partial charge in [-0.3, -0.25) is 0 Å². The van der Waals surface area contributed by atoms with Crippen LogP contribution in [-0.4, -0.2) is 23.6 Å². The van der Waals surface area contributed by atoms with Gasteiger partial charge in [-0.15, -0.1) is 11.6 Å². The molecule has 0 aliphatic heterocycles. The van der Waals surface area contributed by atoms with Gasteiger partial charge in [0.05, 0.1) is 34.3 Å². The third kappa shape index (κ3) is 3.60. The second kappa shape index (κ2) is 5.82. The third-order valence-corrected chi connectivity index (χ3v) is 2.49. The summed E-state index contributed by atoms with van der Waals surface area (Å²) < 4.78 is 0. The number of nitriles is 1. The van der Waals surface area contributed by atoms with Crippen molar-refractivity contribution < 1.29 is 5.11 Å². The Hall–Kier alpha value is -0.950. The number of rotatable bonds is 4. The highest BCUT2D eigenvalue weighted by molar-refractivity contribution is 6.33.